The van der Waals surface area contributed by atoms with Crippen molar-refractivity contribution in [2.75, 3.05) is 23.9 Å². The molecular formula is C12H15NO4S. The Morgan fingerprint density at radius 1 is 1.39 bits per heavy atom. The number of nitrogens with one attached hydrogen (secondary N) is 1. The molecular weight excluding hydrogens is 254 g/mol. The van der Waals surface area contributed by atoms with E-state index in [1.54, 1.807) is 24.3 Å². The maximum Gasteiger partial charge on any atom is 0.228 e. The van der Waals surface area contributed by atoms with E-state index in [1.807, 2.05) is 0 Å². The number of rotatable bonds is 3. The molecule has 0 saturated carbocycles. The molecule has 1 amide bonds. The first-order valence-corrected chi connectivity index (χ1v) is 7.48. The van der Waals surface area contributed by atoms with E-state index < -0.39 is 15.8 Å². The first-order chi connectivity index (χ1) is 8.52. The fraction of sp³-hybridized carbons (Fsp3) is 0.417. The zero-order valence-electron chi connectivity index (χ0n) is 10.0. The molecule has 0 unspecified atom stereocenters. The molecule has 0 aliphatic carbocycles. The maximum absolute atomic E-state index is 11.9. The molecule has 6 heteroatoms. The van der Waals surface area contributed by atoms with E-state index in [2.05, 4.69) is 5.32 Å². The van der Waals surface area contributed by atoms with Gasteiger partial charge in [-0.25, -0.2) is 8.42 Å². The zero-order chi connectivity index (χ0) is 13.2. The van der Waals surface area contributed by atoms with Gasteiger partial charge in [0.2, 0.25) is 5.91 Å². The van der Waals surface area contributed by atoms with Crippen molar-refractivity contribution in [2.45, 2.75) is 6.42 Å². The van der Waals surface area contributed by atoms with E-state index in [-0.39, 0.29) is 17.4 Å². The van der Waals surface area contributed by atoms with Crippen LogP contribution in [0, 0.1) is 5.92 Å². The van der Waals surface area contributed by atoms with Crippen molar-refractivity contribution >= 4 is 21.4 Å². The summed E-state index contributed by atoms with van der Waals surface area (Å²) in [5.41, 5.74) is 0.564. The number of ether oxygens (including phenoxy) is 1. The molecule has 1 saturated heterocycles. The number of carbonyl (C=O) groups is 1. The van der Waals surface area contributed by atoms with Crippen molar-refractivity contribution in [2.24, 2.45) is 5.92 Å². The van der Waals surface area contributed by atoms with Crippen LogP contribution in [0.15, 0.2) is 24.3 Å². The van der Waals surface area contributed by atoms with Crippen LogP contribution in [0.3, 0.4) is 0 Å². The van der Waals surface area contributed by atoms with Gasteiger partial charge in [-0.3, -0.25) is 4.79 Å². The van der Waals surface area contributed by atoms with Crippen molar-refractivity contribution in [3.05, 3.63) is 24.3 Å². The topological polar surface area (TPSA) is 72.5 Å². The molecule has 98 valence electrons. The molecule has 5 nitrogen and oxygen atoms in total. The maximum atomic E-state index is 11.9. The molecule has 1 heterocycles. The molecule has 2 rings (SSSR count). The van der Waals surface area contributed by atoms with Gasteiger partial charge in [0.15, 0.2) is 9.84 Å². The largest absolute Gasteiger partial charge is 0.495 e. The minimum atomic E-state index is -3.04. The zero-order valence-corrected chi connectivity index (χ0v) is 10.9. The van der Waals surface area contributed by atoms with Gasteiger partial charge in [-0.1, -0.05) is 12.1 Å². The van der Waals surface area contributed by atoms with Crippen LogP contribution < -0.4 is 10.1 Å². The lowest BCUT2D eigenvalue weighted by atomic mass is 10.1. The fourth-order valence-electron chi connectivity index (χ4n) is 1.98. The van der Waals surface area contributed by atoms with Crippen LogP contribution in [0.4, 0.5) is 5.69 Å². The Bertz CT molecular complexity index is 553. The highest BCUT2D eigenvalue weighted by Crippen LogP contribution is 2.25. The first-order valence-electron chi connectivity index (χ1n) is 5.66. The minimum Gasteiger partial charge on any atom is -0.495 e. The molecule has 18 heavy (non-hydrogen) atoms. The normalized spacial score (nSPS) is 21.5. The van der Waals surface area contributed by atoms with Gasteiger partial charge in [-0.15, -0.1) is 0 Å². The van der Waals surface area contributed by atoms with E-state index in [0.717, 1.165) is 0 Å². The lowest BCUT2D eigenvalue weighted by Crippen LogP contribution is -2.23. The van der Waals surface area contributed by atoms with Crippen LogP contribution in [0.2, 0.25) is 0 Å². The molecule has 1 aromatic carbocycles. The Balaban J connectivity index is 2.08. The summed E-state index contributed by atoms with van der Waals surface area (Å²) in [5, 5.41) is 2.71. The van der Waals surface area contributed by atoms with E-state index in [0.29, 0.717) is 17.9 Å². The number of anilines is 1. The number of methoxy groups -OCH3 is 1. The Hall–Kier alpha value is -1.56. The van der Waals surface area contributed by atoms with E-state index in [9.17, 15) is 13.2 Å². The van der Waals surface area contributed by atoms with E-state index in [4.69, 9.17) is 4.74 Å². The molecule has 0 bridgehead atoms. The molecule has 1 atom stereocenters. The van der Waals surface area contributed by atoms with Crippen LogP contribution in [0.1, 0.15) is 6.42 Å². The van der Waals surface area contributed by atoms with Crippen molar-refractivity contribution in [3.63, 3.8) is 0 Å². The minimum absolute atomic E-state index is 0.0615. The quantitative estimate of drug-likeness (QED) is 0.891. The summed E-state index contributed by atoms with van der Waals surface area (Å²) in [5.74, 6) is -0.127. The van der Waals surface area contributed by atoms with Crippen molar-refractivity contribution in [3.8, 4) is 5.75 Å². The summed E-state index contributed by atoms with van der Waals surface area (Å²) in [6.45, 7) is 0. The van der Waals surface area contributed by atoms with Gasteiger partial charge in [0.1, 0.15) is 5.75 Å². The monoisotopic (exact) mass is 269 g/mol. The smallest absolute Gasteiger partial charge is 0.228 e. The van der Waals surface area contributed by atoms with Crippen LogP contribution in [-0.2, 0) is 14.6 Å². The Morgan fingerprint density at radius 2 is 2.11 bits per heavy atom. The third-order valence-corrected chi connectivity index (χ3v) is 4.74. The lowest BCUT2D eigenvalue weighted by molar-refractivity contribution is -0.119. The number of carbonyl (C=O) groups excluding carboxylic acids is 1. The molecule has 0 radical (unpaired) electrons. The van der Waals surface area contributed by atoms with Gasteiger partial charge in [0.25, 0.3) is 0 Å². The second kappa shape index (κ2) is 4.97. The molecule has 0 aromatic heterocycles. The fourth-order valence-corrected chi connectivity index (χ4v) is 3.73. The number of benzene rings is 1. The van der Waals surface area contributed by atoms with Crippen molar-refractivity contribution in [1.82, 2.24) is 0 Å². The highest BCUT2D eigenvalue weighted by Gasteiger charge is 2.33. The van der Waals surface area contributed by atoms with Crippen LogP contribution in [0.25, 0.3) is 0 Å². The van der Waals surface area contributed by atoms with E-state index >= 15 is 0 Å². The average molecular weight is 269 g/mol. The third-order valence-electron chi connectivity index (χ3n) is 2.97. The number of para-hydroxylation sites is 2. The van der Waals surface area contributed by atoms with Gasteiger partial charge in [0.05, 0.1) is 30.2 Å². The summed E-state index contributed by atoms with van der Waals surface area (Å²) >= 11 is 0. The summed E-state index contributed by atoms with van der Waals surface area (Å²) in [6, 6.07) is 7.04. The summed E-state index contributed by atoms with van der Waals surface area (Å²) in [7, 11) is -1.52. The van der Waals surface area contributed by atoms with Gasteiger partial charge >= 0.3 is 0 Å². The first kappa shape index (κ1) is 12.9. The predicted molar refractivity (Wildman–Crippen MR) is 68.4 cm³/mol. The van der Waals surface area contributed by atoms with Crippen molar-refractivity contribution < 1.29 is 17.9 Å². The second-order valence-electron chi connectivity index (χ2n) is 4.29. The van der Waals surface area contributed by atoms with Crippen LogP contribution >= 0.6 is 0 Å². The lowest BCUT2D eigenvalue weighted by Gasteiger charge is -2.12. The van der Waals surface area contributed by atoms with E-state index in [1.165, 1.54) is 7.11 Å². The number of hydrogen-bond donors (Lipinski definition) is 1. The molecule has 1 aliphatic heterocycles. The highest BCUT2D eigenvalue weighted by molar-refractivity contribution is 7.91. The molecule has 1 aromatic rings. The van der Waals surface area contributed by atoms with Gasteiger partial charge < -0.3 is 10.1 Å². The Labute approximate surface area is 106 Å². The molecule has 0 spiro atoms. The number of amides is 1. The predicted octanol–water partition coefficient (Wildman–Crippen LogP) is 1.07. The third kappa shape index (κ3) is 2.81. The Morgan fingerprint density at radius 3 is 2.72 bits per heavy atom. The van der Waals surface area contributed by atoms with Gasteiger partial charge in [-0.05, 0) is 18.6 Å². The van der Waals surface area contributed by atoms with Crippen LogP contribution in [0.5, 0.6) is 5.75 Å². The highest BCUT2D eigenvalue weighted by atomic mass is 32.2. The van der Waals surface area contributed by atoms with Gasteiger partial charge in [-0.2, -0.15) is 0 Å². The number of hydrogen-bond acceptors (Lipinski definition) is 4. The molecule has 1 N–H and O–H groups in total. The second-order valence-corrected chi connectivity index (χ2v) is 6.52. The summed E-state index contributed by atoms with van der Waals surface area (Å²) < 4.78 is 27.7. The Kier molecular flexibility index (Phi) is 3.56. The standard InChI is InChI=1S/C12H15NO4S/c1-17-11-5-3-2-4-10(11)13-12(14)9-6-7-18(15,16)8-9/h2-5,9H,6-8H2,1H3,(H,13,14)/t9-/m1/s1. The van der Waals surface area contributed by atoms with Crippen molar-refractivity contribution in [1.29, 1.82) is 0 Å². The molecule has 1 fully saturated rings. The molecule has 1 aliphatic rings. The van der Waals surface area contributed by atoms with Crippen LogP contribution in [-0.4, -0.2) is 32.9 Å². The summed E-state index contributed by atoms with van der Waals surface area (Å²) in [4.78, 5) is 11.9. The average Bonchev–Trinajstić information content (AvgIpc) is 2.70. The summed E-state index contributed by atoms with van der Waals surface area (Å²) in [6.07, 6.45) is 0.392. The number of sulfone groups is 1. The SMILES string of the molecule is COc1ccccc1NC(=O)[C@@H]1CCS(=O)(=O)C1. The van der Waals surface area contributed by atoms with Gasteiger partial charge in [0, 0.05) is 0 Å².